The van der Waals surface area contributed by atoms with E-state index in [1.165, 1.54) is 0 Å². The van der Waals surface area contributed by atoms with Crippen LogP contribution in [0.3, 0.4) is 0 Å². The number of pyridine rings is 1. The minimum absolute atomic E-state index is 0.107. The number of hydrogen-bond acceptors (Lipinski definition) is 4. The van der Waals surface area contributed by atoms with Crippen molar-refractivity contribution in [3.05, 3.63) is 102 Å². The van der Waals surface area contributed by atoms with Gasteiger partial charge in [0.25, 0.3) is 0 Å². The molecule has 1 aromatic heterocycles. The molecule has 0 spiro atoms. The van der Waals surface area contributed by atoms with Gasteiger partial charge in [0.05, 0.1) is 4.90 Å². The van der Waals surface area contributed by atoms with Crippen molar-refractivity contribution in [1.29, 1.82) is 0 Å². The summed E-state index contributed by atoms with van der Waals surface area (Å²) in [6.45, 7) is 1.89. The number of nitrogens with zero attached hydrogens (tertiary/aromatic N) is 1. The van der Waals surface area contributed by atoms with Gasteiger partial charge in [0.2, 0.25) is 15.9 Å². The summed E-state index contributed by atoms with van der Waals surface area (Å²) >= 11 is 0. The Bertz CT molecular complexity index is 1360. The summed E-state index contributed by atoms with van der Waals surface area (Å²) in [7, 11) is -3.95. The van der Waals surface area contributed by atoms with Gasteiger partial charge in [-0.3, -0.25) is 4.79 Å². The second kappa shape index (κ2) is 9.30. The number of aromatic nitrogens is 1. The van der Waals surface area contributed by atoms with Crippen molar-refractivity contribution in [2.75, 3.05) is 5.32 Å². The van der Waals surface area contributed by atoms with Gasteiger partial charge >= 0.3 is 0 Å². The molecule has 3 aromatic carbocycles. The Morgan fingerprint density at radius 3 is 2.38 bits per heavy atom. The van der Waals surface area contributed by atoms with Crippen LogP contribution in [0.4, 0.5) is 5.82 Å². The van der Waals surface area contributed by atoms with E-state index in [9.17, 15) is 13.2 Å². The molecule has 1 heterocycles. The van der Waals surface area contributed by atoms with Crippen molar-refractivity contribution in [2.45, 2.75) is 24.3 Å². The van der Waals surface area contributed by atoms with Crippen LogP contribution in [0.2, 0.25) is 0 Å². The van der Waals surface area contributed by atoms with Crippen LogP contribution in [0.15, 0.2) is 96.0 Å². The van der Waals surface area contributed by atoms with E-state index in [1.807, 2.05) is 67.6 Å². The summed E-state index contributed by atoms with van der Waals surface area (Å²) in [6, 6.07) is 24.3. The average molecular weight is 446 g/mol. The summed E-state index contributed by atoms with van der Waals surface area (Å²) in [4.78, 5) is 17.3. The lowest BCUT2D eigenvalue weighted by Gasteiger charge is -2.19. The Labute approximate surface area is 187 Å². The highest BCUT2D eigenvalue weighted by molar-refractivity contribution is 7.89. The predicted molar refractivity (Wildman–Crippen MR) is 126 cm³/mol. The van der Waals surface area contributed by atoms with Crippen LogP contribution in [0.5, 0.6) is 0 Å². The summed E-state index contributed by atoms with van der Waals surface area (Å²) in [5.74, 6) is -0.103. The first-order valence-corrected chi connectivity index (χ1v) is 11.7. The van der Waals surface area contributed by atoms with Crippen molar-refractivity contribution < 1.29 is 13.2 Å². The first kappa shape index (κ1) is 21.7. The second-order valence-electron chi connectivity index (χ2n) is 7.58. The molecule has 1 amide bonds. The zero-order valence-electron chi connectivity index (χ0n) is 17.5. The molecule has 0 radical (unpaired) electrons. The van der Waals surface area contributed by atoms with Gasteiger partial charge in [-0.2, -0.15) is 4.72 Å². The topological polar surface area (TPSA) is 88.2 Å². The fourth-order valence-electron chi connectivity index (χ4n) is 3.45. The highest BCUT2D eigenvalue weighted by atomic mass is 32.2. The molecule has 0 saturated carbocycles. The molecule has 0 aliphatic rings. The van der Waals surface area contributed by atoms with Gasteiger partial charge in [-0.05, 0) is 59.5 Å². The molecule has 0 fully saturated rings. The Kier molecular flexibility index (Phi) is 6.30. The van der Waals surface area contributed by atoms with Crippen LogP contribution >= 0.6 is 0 Å². The predicted octanol–water partition coefficient (Wildman–Crippen LogP) is 4.07. The molecule has 7 heteroatoms. The quantitative estimate of drug-likeness (QED) is 0.449. The number of hydrogen-bond donors (Lipinski definition) is 2. The standard InChI is InChI=1S/C25H23N3O3S/c1-18-13-14-26-24(15-18)27-25(29)23(16-19-7-3-2-4-8-19)28-32(30,31)22-12-11-20-9-5-6-10-21(20)17-22/h2-15,17,23,28H,16H2,1H3,(H,26,27,29). The molecule has 0 aliphatic carbocycles. The maximum atomic E-state index is 13.2. The van der Waals surface area contributed by atoms with Crippen LogP contribution in [0.1, 0.15) is 11.1 Å². The molecular weight excluding hydrogens is 422 g/mol. The fraction of sp³-hybridized carbons (Fsp3) is 0.120. The average Bonchev–Trinajstić information content (AvgIpc) is 2.79. The summed E-state index contributed by atoms with van der Waals surface area (Å²) in [5, 5.41) is 4.48. The van der Waals surface area contributed by atoms with Gasteiger partial charge in [-0.1, -0.05) is 60.7 Å². The van der Waals surface area contributed by atoms with E-state index in [0.29, 0.717) is 5.82 Å². The number of fused-ring (bicyclic) bond motifs is 1. The van der Waals surface area contributed by atoms with E-state index < -0.39 is 22.0 Å². The van der Waals surface area contributed by atoms with Gasteiger partial charge in [0.15, 0.2) is 0 Å². The molecule has 0 saturated heterocycles. The molecule has 2 N–H and O–H groups in total. The normalized spacial score (nSPS) is 12.4. The number of aryl methyl sites for hydroxylation is 1. The van der Waals surface area contributed by atoms with Crippen molar-refractivity contribution in [3.63, 3.8) is 0 Å². The molecule has 162 valence electrons. The molecule has 6 nitrogen and oxygen atoms in total. The Morgan fingerprint density at radius 2 is 1.62 bits per heavy atom. The number of amides is 1. The number of carbonyl (C=O) groups is 1. The minimum Gasteiger partial charge on any atom is -0.309 e. The highest BCUT2D eigenvalue weighted by Gasteiger charge is 2.26. The van der Waals surface area contributed by atoms with Crippen LogP contribution in [0, 0.1) is 6.92 Å². The fourth-order valence-corrected chi connectivity index (χ4v) is 4.68. The molecule has 1 unspecified atom stereocenters. The van der Waals surface area contributed by atoms with Crippen molar-refractivity contribution in [2.24, 2.45) is 0 Å². The van der Waals surface area contributed by atoms with Crippen LogP contribution in [-0.2, 0) is 21.2 Å². The lowest BCUT2D eigenvalue weighted by Crippen LogP contribution is -2.45. The lowest BCUT2D eigenvalue weighted by atomic mass is 10.1. The van der Waals surface area contributed by atoms with Crippen molar-refractivity contribution in [1.82, 2.24) is 9.71 Å². The van der Waals surface area contributed by atoms with Crippen LogP contribution in [-0.4, -0.2) is 25.4 Å². The Balaban J connectivity index is 1.62. The highest BCUT2D eigenvalue weighted by Crippen LogP contribution is 2.20. The maximum absolute atomic E-state index is 13.2. The number of rotatable bonds is 7. The number of sulfonamides is 1. The molecule has 32 heavy (non-hydrogen) atoms. The van der Waals surface area contributed by atoms with E-state index in [1.54, 1.807) is 30.5 Å². The molecule has 0 bridgehead atoms. The third-order valence-electron chi connectivity index (χ3n) is 5.09. The van der Waals surface area contributed by atoms with Gasteiger partial charge < -0.3 is 5.32 Å². The van der Waals surface area contributed by atoms with E-state index in [-0.39, 0.29) is 11.3 Å². The summed E-state index contributed by atoms with van der Waals surface area (Å²) in [6.07, 6.45) is 1.79. The minimum atomic E-state index is -3.95. The molecule has 1 atom stereocenters. The zero-order chi connectivity index (χ0) is 22.6. The second-order valence-corrected chi connectivity index (χ2v) is 9.29. The van der Waals surface area contributed by atoms with Gasteiger partial charge in [0.1, 0.15) is 11.9 Å². The monoisotopic (exact) mass is 445 g/mol. The van der Waals surface area contributed by atoms with Gasteiger partial charge in [-0.15, -0.1) is 0 Å². The lowest BCUT2D eigenvalue weighted by molar-refractivity contribution is -0.117. The molecule has 4 rings (SSSR count). The number of anilines is 1. The van der Waals surface area contributed by atoms with Crippen molar-refractivity contribution >= 4 is 32.5 Å². The first-order chi connectivity index (χ1) is 15.4. The first-order valence-electron chi connectivity index (χ1n) is 10.2. The van der Waals surface area contributed by atoms with Crippen LogP contribution < -0.4 is 10.0 Å². The van der Waals surface area contributed by atoms with E-state index in [4.69, 9.17) is 0 Å². The van der Waals surface area contributed by atoms with Crippen LogP contribution in [0.25, 0.3) is 10.8 Å². The molecule has 0 aliphatic heterocycles. The van der Waals surface area contributed by atoms with E-state index >= 15 is 0 Å². The third-order valence-corrected chi connectivity index (χ3v) is 6.56. The molecular formula is C25H23N3O3S. The maximum Gasteiger partial charge on any atom is 0.244 e. The number of carbonyl (C=O) groups excluding carboxylic acids is 1. The number of nitrogens with one attached hydrogen (secondary N) is 2. The van der Waals surface area contributed by atoms with E-state index in [0.717, 1.165) is 21.9 Å². The van der Waals surface area contributed by atoms with Gasteiger partial charge in [-0.25, -0.2) is 13.4 Å². The third kappa shape index (κ3) is 5.19. The largest absolute Gasteiger partial charge is 0.309 e. The van der Waals surface area contributed by atoms with Crippen molar-refractivity contribution in [3.8, 4) is 0 Å². The Morgan fingerprint density at radius 1 is 0.906 bits per heavy atom. The zero-order valence-corrected chi connectivity index (χ0v) is 18.3. The SMILES string of the molecule is Cc1ccnc(NC(=O)C(Cc2ccccc2)NS(=O)(=O)c2ccc3ccccc3c2)c1. The summed E-state index contributed by atoms with van der Waals surface area (Å²) < 4.78 is 29.0. The number of benzene rings is 3. The van der Waals surface area contributed by atoms with Gasteiger partial charge in [0, 0.05) is 6.20 Å². The van der Waals surface area contributed by atoms with E-state index in [2.05, 4.69) is 15.0 Å². The Hall–Kier alpha value is -3.55. The summed E-state index contributed by atoms with van der Waals surface area (Å²) in [5.41, 5.74) is 1.78. The molecule has 4 aromatic rings. The smallest absolute Gasteiger partial charge is 0.244 e.